The SMILES string of the molecule is CC(C)(C)[C@H]1CCc2c(sc3ncnc(SCC(=O)O)c23)C1. The number of nitrogens with zero attached hydrogens (tertiary/aromatic N) is 2. The Bertz CT molecular complexity index is 719. The Hall–Kier alpha value is -1.14. The molecule has 6 heteroatoms. The van der Waals surface area contributed by atoms with Gasteiger partial charge in [-0.05, 0) is 36.2 Å². The summed E-state index contributed by atoms with van der Waals surface area (Å²) in [6.07, 6.45) is 4.88. The molecule has 1 N–H and O–H groups in total. The van der Waals surface area contributed by atoms with E-state index in [1.165, 1.54) is 28.6 Å². The summed E-state index contributed by atoms with van der Waals surface area (Å²) in [5.41, 5.74) is 1.68. The fourth-order valence-corrected chi connectivity index (χ4v) is 5.14. The molecule has 0 unspecified atom stereocenters. The summed E-state index contributed by atoms with van der Waals surface area (Å²) in [6.45, 7) is 6.93. The van der Waals surface area contributed by atoms with Crippen molar-refractivity contribution >= 4 is 39.3 Å². The zero-order valence-electron chi connectivity index (χ0n) is 13.0. The molecule has 1 atom stereocenters. The molecule has 2 heterocycles. The first-order valence-electron chi connectivity index (χ1n) is 7.46. The summed E-state index contributed by atoms with van der Waals surface area (Å²) in [7, 11) is 0. The van der Waals surface area contributed by atoms with Gasteiger partial charge in [-0.15, -0.1) is 11.3 Å². The van der Waals surface area contributed by atoms with E-state index in [1.54, 1.807) is 17.7 Å². The molecule has 2 aromatic rings. The molecule has 0 spiro atoms. The Morgan fingerprint density at radius 3 is 2.91 bits per heavy atom. The Kier molecular flexibility index (Phi) is 4.16. The lowest BCUT2D eigenvalue weighted by molar-refractivity contribution is -0.133. The first kappa shape index (κ1) is 15.7. The van der Waals surface area contributed by atoms with Crippen molar-refractivity contribution < 1.29 is 9.90 Å². The Balaban J connectivity index is 1.99. The highest BCUT2D eigenvalue weighted by molar-refractivity contribution is 8.00. The van der Waals surface area contributed by atoms with E-state index in [0.29, 0.717) is 11.3 Å². The molecule has 1 aliphatic rings. The highest BCUT2D eigenvalue weighted by Crippen LogP contribution is 2.44. The van der Waals surface area contributed by atoms with Gasteiger partial charge in [-0.2, -0.15) is 0 Å². The lowest BCUT2D eigenvalue weighted by atomic mass is 9.72. The highest BCUT2D eigenvalue weighted by atomic mass is 32.2. The zero-order valence-corrected chi connectivity index (χ0v) is 14.7. The van der Waals surface area contributed by atoms with E-state index in [2.05, 4.69) is 30.7 Å². The monoisotopic (exact) mass is 336 g/mol. The number of rotatable bonds is 3. The van der Waals surface area contributed by atoms with E-state index in [1.807, 2.05) is 0 Å². The minimum Gasteiger partial charge on any atom is -0.481 e. The smallest absolute Gasteiger partial charge is 0.313 e. The lowest BCUT2D eigenvalue weighted by Crippen LogP contribution is -2.26. The van der Waals surface area contributed by atoms with Gasteiger partial charge in [0.25, 0.3) is 0 Å². The quantitative estimate of drug-likeness (QED) is 0.677. The number of aromatic nitrogens is 2. The number of thiophene rings is 1. The number of aryl methyl sites for hydroxylation is 1. The van der Waals surface area contributed by atoms with Crippen molar-refractivity contribution in [1.82, 2.24) is 9.97 Å². The zero-order chi connectivity index (χ0) is 15.9. The van der Waals surface area contributed by atoms with Crippen LogP contribution in [0.3, 0.4) is 0 Å². The van der Waals surface area contributed by atoms with Gasteiger partial charge in [0.2, 0.25) is 0 Å². The molecule has 0 amide bonds. The average Bonchev–Trinajstić information content (AvgIpc) is 2.82. The molecule has 3 rings (SSSR count). The van der Waals surface area contributed by atoms with E-state index in [-0.39, 0.29) is 5.75 Å². The van der Waals surface area contributed by atoms with Crippen molar-refractivity contribution in [3.8, 4) is 0 Å². The van der Waals surface area contributed by atoms with Crippen molar-refractivity contribution in [2.24, 2.45) is 11.3 Å². The first-order chi connectivity index (χ1) is 10.4. The van der Waals surface area contributed by atoms with Gasteiger partial charge in [-0.25, -0.2) is 9.97 Å². The number of hydrogen-bond acceptors (Lipinski definition) is 5. The maximum atomic E-state index is 10.8. The molecule has 22 heavy (non-hydrogen) atoms. The fraction of sp³-hybridized carbons (Fsp3) is 0.562. The van der Waals surface area contributed by atoms with E-state index in [0.717, 1.165) is 28.1 Å². The van der Waals surface area contributed by atoms with Crippen molar-refractivity contribution in [1.29, 1.82) is 0 Å². The van der Waals surface area contributed by atoms with Crippen LogP contribution in [0.25, 0.3) is 10.2 Å². The molecular formula is C16H20N2O2S2. The molecule has 0 fully saturated rings. The number of hydrogen-bond donors (Lipinski definition) is 1. The van der Waals surface area contributed by atoms with E-state index in [4.69, 9.17) is 5.11 Å². The highest BCUT2D eigenvalue weighted by Gasteiger charge is 2.31. The molecule has 1 aliphatic carbocycles. The van der Waals surface area contributed by atoms with Crippen molar-refractivity contribution in [2.75, 3.05) is 5.75 Å². The molecule has 0 aromatic carbocycles. The number of carboxylic acids is 1. The average molecular weight is 336 g/mol. The van der Waals surface area contributed by atoms with E-state index in [9.17, 15) is 4.79 Å². The third-order valence-corrected chi connectivity index (χ3v) is 6.50. The molecular weight excluding hydrogens is 316 g/mol. The standard InChI is InChI=1S/C16H20N2O2S2/c1-16(2,3)9-4-5-10-11(6-9)22-15-13(10)14(17-8-18-15)21-7-12(19)20/h8-9H,4-7H2,1-3H3,(H,19,20)/t9-/m0/s1. The van der Waals surface area contributed by atoms with Gasteiger partial charge in [0.15, 0.2) is 0 Å². The predicted molar refractivity (Wildman–Crippen MR) is 90.7 cm³/mol. The topological polar surface area (TPSA) is 63.1 Å². The molecule has 2 aromatic heterocycles. The minimum atomic E-state index is -0.811. The van der Waals surface area contributed by atoms with Crippen LogP contribution >= 0.6 is 23.1 Å². The Morgan fingerprint density at radius 2 is 2.23 bits per heavy atom. The van der Waals surface area contributed by atoms with E-state index >= 15 is 0 Å². The Labute approximate surface area is 138 Å². The van der Waals surface area contributed by atoms with Gasteiger partial charge in [-0.3, -0.25) is 4.79 Å². The fourth-order valence-electron chi connectivity index (χ4n) is 3.06. The summed E-state index contributed by atoms with van der Waals surface area (Å²) in [5.74, 6) is -0.0776. The number of thioether (sulfide) groups is 1. The van der Waals surface area contributed by atoms with Crippen molar-refractivity contribution in [3.63, 3.8) is 0 Å². The summed E-state index contributed by atoms with van der Waals surface area (Å²) in [5, 5.41) is 10.8. The van der Waals surface area contributed by atoms with Gasteiger partial charge >= 0.3 is 5.97 Å². The largest absolute Gasteiger partial charge is 0.481 e. The molecule has 0 aliphatic heterocycles. The van der Waals surface area contributed by atoms with Crippen molar-refractivity contribution in [2.45, 2.75) is 45.1 Å². The van der Waals surface area contributed by atoms with Gasteiger partial charge in [0.1, 0.15) is 16.2 Å². The van der Waals surface area contributed by atoms with Crippen LogP contribution in [-0.2, 0) is 17.6 Å². The van der Waals surface area contributed by atoms with Crippen LogP contribution < -0.4 is 0 Å². The summed E-state index contributed by atoms with van der Waals surface area (Å²) in [4.78, 5) is 22.0. The first-order valence-corrected chi connectivity index (χ1v) is 9.26. The second-order valence-electron chi connectivity index (χ2n) is 6.85. The van der Waals surface area contributed by atoms with Crippen LogP contribution in [0.1, 0.15) is 37.6 Å². The number of carbonyl (C=O) groups is 1. The normalized spacial score (nSPS) is 18.4. The van der Waals surface area contributed by atoms with Crippen LogP contribution in [0.5, 0.6) is 0 Å². The predicted octanol–water partition coefficient (Wildman–Crippen LogP) is 4.02. The Morgan fingerprint density at radius 1 is 1.45 bits per heavy atom. The molecule has 0 bridgehead atoms. The minimum absolute atomic E-state index is 0.0430. The number of carboxylic acid groups (broad SMARTS) is 1. The maximum absolute atomic E-state index is 10.8. The van der Waals surface area contributed by atoms with Crippen LogP contribution in [0, 0.1) is 11.3 Å². The molecule has 4 nitrogen and oxygen atoms in total. The van der Waals surface area contributed by atoms with Crippen LogP contribution in [-0.4, -0.2) is 26.8 Å². The summed E-state index contributed by atoms with van der Waals surface area (Å²) >= 11 is 3.05. The van der Waals surface area contributed by atoms with Gasteiger partial charge in [-0.1, -0.05) is 32.5 Å². The third kappa shape index (κ3) is 2.99. The van der Waals surface area contributed by atoms with Crippen molar-refractivity contribution in [3.05, 3.63) is 16.8 Å². The number of fused-ring (bicyclic) bond motifs is 3. The maximum Gasteiger partial charge on any atom is 0.313 e. The third-order valence-electron chi connectivity index (χ3n) is 4.37. The molecule has 0 radical (unpaired) electrons. The van der Waals surface area contributed by atoms with Gasteiger partial charge in [0, 0.05) is 10.3 Å². The summed E-state index contributed by atoms with van der Waals surface area (Å²) < 4.78 is 0. The van der Waals surface area contributed by atoms with E-state index < -0.39 is 5.97 Å². The summed E-state index contributed by atoms with van der Waals surface area (Å²) in [6, 6.07) is 0. The van der Waals surface area contributed by atoms with Crippen LogP contribution in [0.4, 0.5) is 0 Å². The lowest BCUT2D eigenvalue weighted by Gasteiger charge is -2.33. The van der Waals surface area contributed by atoms with Crippen LogP contribution in [0.15, 0.2) is 11.4 Å². The second kappa shape index (κ2) is 5.81. The molecule has 0 saturated heterocycles. The number of aliphatic carboxylic acids is 1. The second-order valence-corrected chi connectivity index (χ2v) is 8.90. The molecule has 0 saturated carbocycles. The van der Waals surface area contributed by atoms with Gasteiger partial charge in [0.05, 0.1) is 5.75 Å². The molecule has 118 valence electrons. The van der Waals surface area contributed by atoms with Gasteiger partial charge < -0.3 is 5.11 Å². The van der Waals surface area contributed by atoms with Crippen LogP contribution in [0.2, 0.25) is 0 Å².